The minimum absolute atomic E-state index is 0.189. The molecule has 0 atom stereocenters. The molecule has 0 heterocycles. The first kappa shape index (κ1) is 13.1. The Bertz CT molecular complexity index is 392. The normalized spacial score (nSPS) is 9.41. The minimum atomic E-state index is -0.189. The highest BCUT2D eigenvalue weighted by molar-refractivity contribution is 5.94. The third-order valence-electron chi connectivity index (χ3n) is 2.02. The van der Waals surface area contributed by atoms with Crippen molar-refractivity contribution in [2.45, 2.75) is 0 Å². The molecule has 0 aliphatic heterocycles. The number of rotatable bonds is 6. The van der Waals surface area contributed by atoms with E-state index in [1.54, 1.807) is 31.4 Å². The van der Waals surface area contributed by atoms with E-state index in [1.807, 2.05) is 0 Å². The van der Waals surface area contributed by atoms with Gasteiger partial charge in [-0.25, -0.2) is 0 Å². The number of carbonyl (C=O) groups excluding carboxylic acids is 1. The molecule has 1 rings (SSSR count). The number of methoxy groups -OCH3 is 1. The zero-order valence-corrected chi connectivity index (χ0v) is 9.73. The molecule has 0 saturated heterocycles. The van der Waals surface area contributed by atoms with Crippen LogP contribution < -0.4 is 10.1 Å². The Morgan fingerprint density at radius 3 is 2.65 bits per heavy atom. The van der Waals surface area contributed by atoms with Crippen molar-refractivity contribution in [3.8, 4) is 18.1 Å². The van der Waals surface area contributed by atoms with Gasteiger partial charge >= 0.3 is 0 Å². The Hall–Kier alpha value is -1.99. The molecular weight excluding hydrogens is 218 g/mol. The SMILES string of the molecule is C#CCNC(=O)c1ccc(OCCOC)cc1. The van der Waals surface area contributed by atoms with Crippen LogP contribution >= 0.6 is 0 Å². The fraction of sp³-hybridized carbons (Fsp3) is 0.308. The molecule has 90 valence electrons. The summed E-state index contributed by atoms with van der Waals surface area (Å²) < 4.78 is 10.2. The molecule has 0 fully saturated rings. The standard InChI is InChI=1S/C13H15NO3/c1-3-8-14-13(15)11-4-6-12(7-5-11)17-10-9-16-2/h1,4-7H,8-10H2,2H3,(H,14,15). The van der Waals surface area contributed by atoms with Gasteiger partial charge in [0.2, 0.25) is 0 Å². The molecule has 1 N–H and O–H groups in total. The molecule has 0 aromatic heterocycles. The maximum absolute atomic E-state index is 11.5. The van der Waals surface area contributed by atoms with E-state index in [0.717, 1.165) is 0 Å². The Morgan fingerprint density at radius 1 is 1.35 bits per heavy atom. The Labute approximate surface area is 101 Å². The molecule has 0 unspecified atom stereocenters. The van der Waals surface area contributed by atoms with Crippen LogP contribution in [0.15, 0.2) is 24.3 Å². The largest absolute Gasteiger partial charge is 0.491 e. The van der Waals surface area contributed by atoms with Crippen LogP contribution in [0.3, 0.4) is 0 Å². The molecule has 0 saturated carbocycles. The average molecular weight is 233 g/mol. The number of carbonyl (C=O) groups is 1. The summed E-state index contributed by atoms with van der Waals surface area (Å²) in [6.07, 6.45) is 5.05. The summed E-state index contributed by atoms with van der Waals surface area (Å²) >= 11 is 0. The molecule has 0 spiro atoms. The number of terminal acetylenes is 1. The van der Waals surface area contributed by atoms with Gasteiger partial charge in [-0.2, -0.15) is 0 Å². The van der Waals surface area contributed by atoms with Crippen molar-refractivity contribution in [1.82, 2.24) is 5.32 Å². The maximum atomic E-state index is 11.5. The van der Waals surface area contributed by atoms with Crippen LogP contribution in [0.2, 0.25) is 0 Å². The van der Waals surface area contributed by atoms with Crippen LogP contribution in [-0.2, 0) is 4.74 Å². The van der Waals surface area contributed by atoms with Crippen LogP contribution in [0.4, 0.5) is 0 Å². The summed E-state index contributed by atoms with van der Waals surface area (Å²) in [7, 11) is 1.61. The van der Waals surface area contributed by atoms with E-state index >= 15 is 0 Å². The van der Waals surface area contributed by atoms with Crippen LogP contribution in [0.1, 0.15) is 10.4 Å². The fourth-order valence-corrected chi connectivity index (χ4v) is 1.18. The minimum Gasteiger partial charge on any atom is -0.491 e. The van der Waals surface area contributed by atoms with E-state index in [4.69, 9.17) is 15.9 Å². The number of hydrogen-bond acceptors (Lipinski definition) is 3. The van der Waals surface area contributed by atoms with Crippen LogP contribution in [0.25, 0.3) is 0 Å². The van der Waals surface area contributed by atoms with Crippen LogP contribution in [0, 0.1) is 12.3 Å². The Morgan fingerprint density at radius 2 is 2.06 bits per heavy atom. The molecule has 0 bridgehead atoms. The Balaban J connectivity index is 2.50. The van der Waals surface area contributed by atoms with Gasteiger partial charge in [-0.05, 0) is 24.3 Å². The number of amides is 1. The highest BCUT2D eigenvalue weighted by Gasteiger charge is 2.03. The lowest BCUT2D eigenvalue weighted by atomic mass is 10.2. The van der Waals surface area contributed by atoms with Crippen molar-refractivity contribution in [2.75, 3.05) is 26.9 Å². The van der Waals surface area contributed by atoms with Crippen molar-refractivity contribution in [3.05, 3.63) is 29.8 Å². The predicted molar refractivity (Wildman–Crippen MR) is 65.0 cm³/mol. The lowest BCUT2D eigenvalue weighted by Crippen LogP contribution is -2.23. The van der Waals surface area contributed by atoms with Gasteiger partial charge in [-0.3, -0.25) is 4.79 Å². The molecule has 4 heteroatoms. The Kier molecular flexibility index (Phi) is 5.62. The summed E-state index contributed by atoms with van der Waals surface area (Å²) in [5.74, 6) is 2.86. The van der Waals surface area contributed by atoms with Gasteiger partial charge in [-0.1, -0.05) is 5.92 Å². The lowest BCUT2D eigenvalue weighted by molar-refractivity contribution is 0.0958. The van der Waals surface area contributed by atoms with Crippen LogP contribution in [0.5, 0.6) is 5.75 Å². The van der Waals surface area contributed by atoms with Gasteiger partial charge in [-0.15, -0.1) is 6.42 Å². The van der Waals surface area contributed by atoms with E-state index in [-0.39, 0.29) is 12.5 Å². The van der Waals surface area contributed by atoms with E-state index in [2.05, 4.69) is 11.2 Å². The van der Waals surface area contributed by atoms with E-state index < -0.39 is 0 Å². The van der Waals surface area contributed by atoms with E-state index in [0.29, 0.717) is 24.5 Å². The van der Waals surface area contributed by atoms with Gasteiger partial charge in [0, 0.05) is 12.7 Å². The fourth-order valence-electron chi connectivity index (χ4n) is 1.18. The second-order valence-electron chi connectivity index (χ2n) is 3.25. The number of nitrogens with one attached hydrogen (secondary N) is 1. The zero-order chi connectivity index (χ0) is 12.5. The monoisotopic (exact) mass is 233 g/mol. The zero-order valence-electron chi connectivity index (χ0n) is 9.73. The highest BCUT2D eigenvalue weighted by Crippen LogP contribution is 2.11. The van der Waals surface area contributed by atoms with Crippen molar-refractivity contribution < 1.29 is 14.3 Å². The topological polar surface area (TPSA) is 47.6 Å². The second kappa shape index (κ2) is 7.31. The van der Waals surface area contributed by atoms with Gasteiger partial charge in [0.25, 0.3) is 5.91 Å². The number of ether oxygens (including phenoxy) is 2. The van der Waals surface area contributed by atoms with Gasteiger partial charge < -0.3 is 14.8 Å². The lowest BCUT2D eigenvalue weighted by Gasteiger charge is -2.06. The number of hydrogen-bond donors (Lipinski definition) is 1. The molecule has 1 amide bonds. The second-order valence-corrected chi connectivity index (χ2v) is 3.25. The highest BCUT2D eigenvalue weighted by atomic mass is 16.5. The quantitative estimate of drug-likeness (QED) is 0.590. The molecule has 1 aromatic rings. The van der Waals surface area contributed by atoms with Gasteiger partial charge in [0.1, 0.15) is 12.4 Å². The summed E-state index contributed by atoms with van der Waals surface area (Å²) in [4.78, 5) is 11.5. The average Bonchev–Trinajstić information content (AvgIpc) is 2.37. The molecule has 0 aliphatic rings. The molecular formula is C13H15NO3. The molecule has 4 nitrogen and oxygen atoms in total. The van der Waals surface area contributed by atoms with E-state index in [1.165, 1.54) is 0 Å². The molecule has 17 heavy (non-hydrogen) atoms. The summed E-state index contributed by atoms with van der Waals surface area (Å²) in [6.45, 7) is 1.24. The third kappa shape index (κ3) is 4.58. The summed E-state index contributed by atoms with van der Waals surface area (Å²) in [6, 6.07) is 6.85. The van der Waals surface area contributed by atoms with Crippen molar-refractivity contribution in [1.29, 1.82) is 0 Å². The predicted octanol–water partition coefficient (Wildman–Crippen LogP) is 1.07. The smallest absolute Gasteiger partial charge is 0.252 e. The van der Waals surface area contributed by atoms with Crippen molar-refractivity contribution in [2.24, 2.45) is 0 Å². The maximum Gasteiger partial charge on any atom is 0.252 e. The van der Waals surface area contributed by atoms with E-state index in [9.17, 15) is 4.79 Å². The summed E-state index contributed by atoms with van der Waals surface area (Å²) in [5, 5.41) is 2.58. The van der Waals surface area contributed by atoms with Gasteiger partial charge in [0.15, 0.2) is 0 Å². The number of benzene rings is 1. The van der Waals surface area contributed by atoms with Gasteiger partial charge in [0.05, 0.1) is 13.2 Å². The van der Waals surface area contributed by atoms with Crippen LogP contribution in [-0.4, -0.2) is 32.8 Å². The first-order valence-electron chi connectivity index (χ1n) is 5.21. The first-order chi connectivity index (χ1) is 8.27. The first-order valence-corrected chi connectivity index (χ1v) is 5.21. The van der Waals surface area contributed by atoms with Crippen molar-refractivity contribution in [3.63, 3.8) is 0 Å². The third-order valence-corrected chi connectivity index (χ3v) is 2.02. The molecule has 0 radical (unpaired) electrons. The van der Waals surface area contributed by atoms with Crippen molar-refractivity contribution >= 4 is 5.91 Å². The molecule has 1 aromatic carbocycles. The summed E-state index contributed by atoms with van der Waals surface area (Å²) in [5.41, 5.74) is 0.555. The molecule has 0 aliphatic carbocycles.